The number of carbonyl (C=O) groups excluding carboxylic acids is 2. The molecular weight excluding hydrogens is 634 g/mol. The van der Waals surface area contributed by atoms with Gasteiger partial charge in [0.15, 0.2) is 15.8 Å². The first-order chi connectivity index (χ1) is 21.8. The van der Waals surface area contributed by atoms with Crippen molar-refractivity contribution in [2.24, 2.45) is 5.92 Å². The predicted molar refractivity (Wildman–Crippen MR) is 175 cm³/mol. The molecule has 45 heavy (non-hydrogen) atoms. The molecule has 1 amide bonds. The third kappa shape index (κ3) is 6.80. The molecule has 0 saturated carbocycles. The summed E-state index contributed by atoms with van der Waals surface area (Å²) in [6, 6.07) is 18.7. The van der Waals surface area contributed by atoms with Gasteiger partial charge in [-0.3, -0.25) is 14.5 Å². The number of anilines is 1. The van der Waals surface area contributed by atoms with E-state index in [-0.39, 0.29) is 16.5 Å². The lowest BCUT2D eigenvalue weighted by atomic mass is 9.95. The molecule has 1 atom stereocenters. The largest absolute Gasteiger partial charge is 0.507 e. The Morgan fingerprint density at radius 3 is 2.62 bits per heavy atom. The Balaban J connectivity index is 1.37. The van der Waals surface area contributed by atoms with Crippen LogP contribution in [0.2, 0.25) is 5.02 Å². The number of fused-ring (bicyclic) bond motifs is 1. The van der Waals surface area contributed by atoms with E-state index in [0.29, 0.717) is 69.2 Å². The number of aliphatic hydroxyl groups excluding tert-OH is 1. The van der Waals surface area contributed by atoms with Gasteiger partial charge in [-0.15, -0.1) is 10.2 Å². The molecular formula is C33H30ClN3O6S2. The van der Waals surface area contributed by atoms with Gasteiger partial charge in [0.1, 0.15) is 24.7 Å². The van der Waals surface area contributed by atoms with Crippen molar-refractivity contribution in [3.8, 4) is 17.2 Å². The zero-order valence-electron chi connectivity index (χ0n) is 24.6. The fourth-order valence-electron chi connectivity index (χ4n) is 4.96. The average Bonchev–Trinajstić information content (AvgIpc) is 3.61. The van der Waals surface area contributed by atoms with Crippen molar-refractivity contribution in [1.29, 1.82) is 0 Å². The second-order valence-corrected chi connectivity index (χ2v) is 13.5. The Hall–Kier alpha value is -4.06. The third-order valence-electron chi connectivity index (χ3n) is 7.28. The molecule has 0 unspecified atom stereocenters. The average molecular weight is 664 g/mol. The van der Waals surface area contributed by atoms with E-state index in [4.69, 9.17) is 25.8 Å². The highest BCUT2D eigenvalue weighted by molar-refractivity contribution is 8.00. The van der Waals surface area contributed by atoms with E-state index >= 15 is 0 Å². The molecule has 9 nitrogen and oxygen atoms in total. The number of aromatic nitrogens is 2. The predicted octanol–water partition coefficient (Wildman–Crippen LogP) is 7.31. The minimum atomic E-state index is -0.978. The standard InChI is InChI=1S/C33H30ClN3O6S2/c1-19(2)12-13-41-24-5-3-4-21(16-24)28-27(29(38)22-8-11-25-26(17-22)43-15-14-42-25)30(39)31(40)37(28)32-35-36-33(45-32)44-18-20-6-9-23(34)10-7-20/h3-11,16-17,19,28,38H,12-15,18H2,1-2H3/b29-27+/t28-/m1/s1. The van der Waals surface area contributed by atoms with Crippen LogP contribution in [0.15, 0.2) is 76.6 Å². The Morgan fingerprint density at radius 1 is 1.07 bits per heavy atom. The van der Waals surface area contributed by atoms with Crippen LogP contribution in [-0.2, 0) is 15.3 Å². The lowest BCUT2D eigenvalue weighted by Gasteiger charge is -2.23. The van der Waals surface area contributed by atoms with Gasteiger partial charge in [-0.2, -0.15) is 0 Å². The Bertz CT molecular complexity index is 1760. The lowest BCUT2D eigenvalue weighted by Crippen LogP contribution is -2.29. The molecule has 6 rings (SSSR count). The number of aliphatic hydroxyl groups is 1. The highest BCUT2D eigenvalue weighted by Gasteiger charge is 2.48. The van der Waals surface area contributed by atoms with E-state index in [1.807, 2.05) is 30.3 Å². The van der Waals surface area contributed by atoms with Crippen molar-refractivity contribution >= 4 is 57.3 Å². The molecule has 0 bridgehead atoms. The summed E-state index contributed by atoms with van der Waals surface area (Å²) in [5.74, 6) is 0.700. The summed E-state index contributed by atoms with van der Waals surface area (Å²) in [6.45, 7) is 5.54. The van der Waals surface area contributed by atoms with Gasteiger partial charge in [-0.1, -0.05) is 72.8 Å². The minimum Gasteiger partial charge on any atom is -0.507 e. The van der Waals surface area contributed by atoms with Gasteiger partial charge in [0.05, 0.1) is 18.2 Å². The highest BCUT2D eigenvalue weighted by Crippen LogP contribution is 2.45. The second kappa shape index (κ2) is 13.5. The molecule has 12 heteroatoms. The topological polar surface area (TPSA) is 111 Å². The second-order valence-electron chi connectivity index (χ2n) is 10.9. The molecule has 2 aliphatic heterocycles. The summed E-state index contributed by atoms with van der Waals surface area (Å²) >= 11 is 8.68. The molecule has 0 spiro atoms. The van der Waals surface area contributed by atoms with Gasteiger partial charge >= 0.3 is 5.91 Å². The first kappa shape index (κ1) is 30.9. The van der Waals surface area contributed by atoms with Crippen molar-refractivity contribution in [2.75, 3.05) is 24.7 Å². The zero-order valence-corrected chi connectivity index (χ0v) is 27.0. The summed E-state index contributed by atoms with van der Waals surface area (Å²) in [7, 11) is 0. The molecule has 4 aromatic rings. The highest BCUT2D eigenvalue weighted by atomic mass is 35.5. The minimum absolute atomic E-state index is 0.0680. The Kier molecular flexibility index (Phi) is 9.29. The molecule has 3 heterocycles. The summed E-state index contributed by atoms with van der Waals surface area (Å²) in [6.07, 6.45) is 0.869. The van der Waals surface area contributed by atoms with Crippen LogP contribution in [0.25, 0.3) is 5.76 Å². The van der Waals surface area contributed by atoms with Gasteiger partial charge in [0, 0.05) is 16.3 Å². The smallest absolute Gasteiger partial charge is 0.301 e. The van der Waals surface area contributed by atoms with Crippen LogP contribution in [0, 0.1) is 5.92 Å². The molecule has 0 radical (unpaired) electrons. The monoisotopic (exact) mass is 663 g/mol. The van der Waals surface area contributed by atoms with Gasteiger partial charge in [0.25, 0.3) is 5.78 Å². The van der Waals surface area contributed by atoms with Crippen molar-refractivity contribution in [2.45, 2.75) is 36.4 Å². The number of carbonyl (C=O) groups is 2. The van der Waals surface area contributed by atoms with Gasteiger partial charge in [-0.25, -0.2) is 0 Å². The third-order valence-corrected chi connectivity index (χ3v) is 9.65. The fourth-order valence-corrected chi connectivity index (χ4v) is 6.91. The van der Waals surface area contributed by atoms with E-state index < -0.39 is 17.7 Å². The summed E-state index contributed by atoms with van der Waals surface area (Å²) in [5.41, 5.74) is 1.89. The summed E-state index contributed by atoms with van der Waals surface area (Å²) in [4.78, 5) is 28.7. The number of ether oxygens (including phenoxy) is 3. The number of benzene rings is 3. The lowest BCUT2D eigenvalue weighted by molar-refractivity contribution is -0.132. The molecule has 1 saturated heterocycles. The number of rotatable bonds is 10. The Labute approximate surface area is 273 Å². The molecule has 1 N–H and O–H groups in total. The van der Waals surface area contributed by atoms with Crippen LogP contribution in [0.1, 0.15) is 43.0 Å². The molecule has 3 aromatic carbocycles. The first-order valence-electron chi connectivity index (χ1n) is 14.4. The van der Waals surface area contributed by atoms with E-state index in [2.05, 4.69) is 24.0 Å². The number of Topliss-reactive ketones (excluding diaryl/α,β-unsaturated/α-hetero) is 1. The number of ketones is 1. The molecule has 0 aliphatic carbocycles. The maximum atomic E-state index is 13.7. The van der Waals surface area contributed by atoms with E-state index in [0.717, 1.165) is 12.0 Å². The maximum absolute atomic E-state index is 13.7. The van der Waals surface area contributed by atoms with Crippen molar-refractivity contribution in [3.05, 3.63) is 94.0 Å². The molecule has 1 aromatic heterocycles. The van der Waals surface area contributed by atoms with Gasteiger partial charge in [-0.05, 0) is 65.9 Å². The zero-order chi connectivity index (χ0) is 31.5. The number of halogens is 1. The van der Waals surface area contributed by atoms with Crippen molar-refractivity contribution in [3.63, 3.8) is 0 Å². The summed E-state index contributed by atoms with van der Waals surface area (Å²) in [5, 5.41) is 21.1. The number of hydrogen-bond acceptors (Lipinski definition) is 10. The van der Waals surface area contributed by atoms with Gasteiger partial charge in [0.2, 0.25) is 5.13 Å². The first-order valence-corrected chi connectivity index (χ1v) is 16.6. The molecule has 232 valence electrons. The quantitative estimate of drug-likeness (QED) is 0.0614. The number of amides is 1. The van der Waals surface area contributed by atoms with E-state index in [1.54, 1.807) is 36.4 Å². The molecule has 2 aliphatic rings. The van der Waals surface area contributed by atoms with Crippen LogP contribution in [-0.4, -0.2) is 46.8 Å². The van der Waals surface area contributed by atoms with Crippen LogP contribution in [0.5, 0.6) is 17.2 Å². The molecule has 1 fully saturated rings. The summed E-state index contributed by atoms with van der Waals surface area (Å²) < 4.78 is 17.9. The van der Waals surface area contributed by atoms with Crippen LogP contribution in [0.3, 0.4) is 0 Å². The number of hydrogen-bond donors (Lipinski definition) is 1. The SMILES string of the molecule is CC(C)CCOc1cccc([C@@H]2/C(=C(\O)c3ccc4c(c3)OCCO4)C(=O)C(=O)N2c2nnc(SCc3ccc(Cl)cc3)s2)c1. The van der Waals surface area contributed by atoms with Gasteiger partial charge < -0.3 is 19.3 Å². The normalized spacial score (nSPS) is 17.2. The van der Waals surface area contributed by atoms with Crippen LogP contribution < -0.4 is 19.1 Å². The van der Waals surface area contributed by atoms with E-state index in [9.17, 15) is 14.7 Å². The number of nitrogens with zero attached hydrogens (tertiary/aromatic N) is 3. The fraction of sp³-hybridized carbons (Fsp3) is 0.273. The van der Waals surface area contributed by atoms with Crippen molar-refractivity contribution < 1.29 is 28.9 Å². The Morgan fingerprint density at radius 2 is 1.84 bits per heavy atom. The van der Waals surface area contributed by atoms with Crippen LogP contribution >= 0.6 is 34.7 Å². The maximum Gasteiger partial charge on any atom is 0.301 e. The van der Waals surface area contributed by atoms with Crippen LogP contribution in [0.4, 0.5) is 5.13 Å². The number of thioether (sulfide) groups is 1. The van der Waals surface area contributed by atoms with E-state index in [1.165, 1.54) is 28.0 Å². The van der Waals surface area contributed by atoms with Crippen molar-refractivity contribution in [1.82, 2.24) is 10.2 Å².